The first kappa shape index (κ1) is 25.1. The van der Waals surface area contributed by atoms with Crippen LogP contribution in [0.15, 0.2) is 102 Å². The van der Waals surface area contributed by atoms with Gasteiger partial charge in [0.05, 0.1) is 23.7 Å². The summed E-state index contributed by atoms with van der Waals surface area (Å²) in [6, 6.07) is 28.5. The van der Waals surface area contributed by atoms with E-state index < -0.39 is 15.9 Å². The van der Waals surface area contributed by atoms with E-state index in [0.29, 0.717) is 23.8 Å². The number of para-hydroxylation sites is 1. The fourth-order valence-electron chi connectivity index (χ4n) is 3.71. The molecule has 0 spiro atoms. The van der Waals surface area contributed by atoms with Gasteiger partial charge in [-0.2, -0.15) is 0 Å². The fraction of sp³-hybridized carbons (Fsp3) is 0.179. The van der Waals surface area contributed by atoms with Gasteiger partial charge in [-0.3, -0.25) is 9.10 Å². The van der Waals surface area contributed by atoms with Gasteiger partial charge in [-0.25, -0.2) is 8.42 Å². The second-order valence-corrected chi connectivity index (χ2v) is 9.82. The van der Waals surface area contributed by atoms with Crippen LogP contribution in [0.25, 0.3) is 10.8 Å². The number of hydrogen-bond donors (Lipinski definition) is 1. The van der Waals surface area contributed by atoms with Gasteiger partial charge in [0.15, 0.2) is 0 Å². The maximum atomic E-state index is 13.4. The van der Waals surface area contributed by atoms with Crippen molar-refractivity contribution in [2.45, 2.75) is 11.8 Å². The summed E-state index contributed by atoms with van der Waals surface area (Å²) in [5, 5.41) is 4.93. The first-order valence-corrected chi connectivity index (χ1v) is 13.1. The first-order chi connectivity index (χ1) is 17.5. The van der Waals surface area contributed by atoms with Crippen molar-refractivity contribution in [1.82, 2.24) is 5.32 Å². The Morgan fingerprint density at radius 3 is 2.19 bits per heavy atom. The van der Waals surface area contributed by atoms with Gasteiger partial charge >= 0.3 is 0 Å². The van der Waals surface area contributed by atoms with Crippen molar-refractivity contribution in [2.75, 3.05) is 30.6 Å². The van der Waals surface area contributed by atoms with Crippen LogP contribution >= 0.6 is 0 Å². The number of rotatable bonds is 11. The van der Waals surface area contributed by atoms with E-state index in [1.165, 1.54) is 12.1 Å². The highest BCUT2D eigenvalue weighted by atomic mass is 32.2. The topological polar surface area (TPSA) is 84.9 Å². The summed E-state index contributed by atoms with van der Waals surface area (Å²) in [5.41, 5.74) is 0.397. The molecule has 7 nitrogen and oxygen atoms in total. The van der Waals surface area contributed by atoms with Gasteiger partial charge in [0, 0.05) is 0 Å². The number of sulfonamides is 1. The summed E-state index contributed by atoms with van der Waals surface area (Å²) in [5.74, 6) is 0.842. The number of nitrogens with one attached hydrogen (secondary N) is 1. The molecule has 0 atom stereocenters. The molecule has 0 aromatic heterocycles. The zero-order valence-electron chi connectivity index (χ0n) is 20.0. The Morgan fingerprint density at radius 1 is 0.806 bits per heavy atom. The molecule has 4 aromatic rings. The summed E-state index contributed by atoms with van der Waals surface area (Å²) in [7, 11) is -3.99. The smallest absolute Gasteiger partial charge is 0.264 e. The number of carbonyl (C=O) groups excluding carboxylic acids is 1. The maximum Gasteiger partial charge on any atom is 0.264 e. The largest absolute Gasteiger partial charge is 0.494 e. The lowest BCUT2D eigenvalue weighted by atomic mass is 10.1. The Hall–Kier alpha value is -4.04. The van der Waals surface area contributed by atoms with Crippen LogP contribution in [0.3, 0.4) is 0 Å². The highest BCUT2D eigenvalue weighted by Crippen LogP contribution is 2.25. The number of ether oxygens (including phenoxy) is 2. The molecule has 0 saturated heterocycles. The van der Waals surface area contributed by atoms with Crippen molar-refractivity contribution in [3.63, 3.8) is 0 Å². The van der Waals surface area contributed by atoms with Crippen LogP contribution in [-0.4, -0.2) is 40.6 Å². The molecule has 1 N–H and O–H groups in total. The van der Waals surface area contributed by atoms with Crippen LogP contribution in [0.5, 0.6) is 11.5 Å². The zero-order valence-corrected chi connectivity index (χ0v) is 20.8. The number of benzene rings is 4. The minimum Gasteiger partial charge on any atom is -0.494 e. The molecule has 0 aliphatic heterocycles. The van der Waals surface area contributed by atoms with E-state index in [4.69, 9.17) is 9.47 Å². The van der Waals surface area contributed by atoms with Crippen molar-refractivity contribution >= 4 is 32.4 Å². The lowest BCUT2D eigenvalue weighted by Crippen LogP contribution is -2.41. The van der Waals surface area contributed by atoms with Crippen LogP contribution in [0.4, 0.5) is 5.69 Å². The van der Waals surface area contributed by atoms with Gasteiger partial charge in [-0.15, -0.1) is 0 Å². The van der Waals surface area contributed by atoms with Crippen molar-refractivity contribution in [3.05, 3.63) is 97.1 Å². The van der Waals surface area contributed by atoms with Crippen LogP contribution in [-0.2, 0) is 14.8 Å². The lowest BCUT2D eigenvalue weighted by molar-refractivity contribution is -0.119. The fourth-order valence-corrected chi connectivity index (χ4v) is 5.13. The van der Waals surface area contributed by atoms with E-state index in [2.05, 4.69) is 5.32 Å². The van der Waals surface area contributed by atoms with Crippen LogP contribution in [0.1, 0.15) is 6.92 Å². The summed E-state index contributed by atoms with van der Waals surface area (Å²) >= 11 is 0. The Balaban J connectivity index is 1.40. The van der Waals surface area contributed by atoms with Crippen LogP contribution in [0, 0.1) is 0 Å². The third kappa shape index (κ3) is 6.14. The van der Waals surface area contributed by atoms with Gasteiger partial charge in [0.1, 0.15) is 24.7 Å². The number of amides is 1. The SMILES string of the molecule is CCOc1ccc(S(=O)(=O)N(CC(=O)NCCOc2ccc3ccccc3c2)c2ccccc2)cc1. The average Bonchev–Trinajstić information content (AvgIpc) is 2.90. The molecule has 0 aliphatic rings. The van der Waals surface area contributed by atoms with E-state index in [9.17, 15) is 13.2 Å². The molecule has 0 bridgehead atoms. The molecule has 1 amide bonds. The van der Waals surface area contributed by atoms with Crippen molar-refractivity contribution in [3.8, 4) is 11.5 Å². The highest BCUT2D eigenvalue weighted by Gasteiger charge is 2.27. The monoisotopic (exact) mass is 504 g/mol. The second-order valence-electron chi connectivity index (χ2n) is 7.96. The molecular weight excluding hydrogens is 476 g/mol. The van der Waals surface area contributed by atoms with E-state index in [0.717, 1.165) is 15.1 Å². The molecule has 36 heavy (non-hydrogen) atoms. The van der Waals surface area contributed by atoms with Gasteiger partial charge in [0.25, 0.3) is 10.0 Å². The molecule has 0 fully saturated rings. The normalized spacial score (nSPS) is 11.1. The molecule has 0 heterocycles. The Bertz CT molecular complexity index is 1410. The predicted molar refractivity (Wildman–Crippen MR) is 141 cm³/mol. The van der Waals surface area contributed by atoms with Crippen molar-refractivity contribution in [2.24, 2.45) is 0 Å². The van der Waals surface area contributed by atoms with Gasteiger partial charge < -0.3 is 14.8 Å². The molecular formula is C28H28N2O5S. The molecule has 4 aromatic carbocycles. The van der Waals surface area contributed by atoms with E-state index in [1.807, 2.05) is 49.4 Å². The number of carbonyl (C=O) groups is 1. The number of hydrogen-bond acceptors (Lipinski definition) is 5. The lowest BCUT2D eigenvalue weighted by Gasteiger charge is -2.24. The van der Waals surface area contributed by atoms with Crippen LogP contribution < -0.4 is 19.1 Å². The minimum absolute atomic E-state index is 0.0715. The third-order valence-electron chi connectivity index (χ3n) is 5.47. The van der Waals surface area contributed by atoms with Crippen molar-refractivity contribution < 1.29 is 22.7 Å². The summed E-state index contributed by atoms with van der Waals surface area (Å²) in [4.78, 5) is 12.8. The minimum atomic E-state index is -3.99. The molecule has 0 aliphatic carbocycles. The molecule has 0 radical (unpaired) electrons. The standard InChI is InChI=1S/C28H28N2O5S/c1-2-34-25-14-16-27(17-15-25)36(32,33)30(24-10-4-3-5-11-24)21-28(31)29-18-19-35-26-13-12-22-8-6-7-9-23(22)20-26/h3-17,20H,2,18-19,21H2,1H3,(H,29,31). The number of anilines is 1. The predicted octanol–water partition coefficient (Wildman–Crippen LogP) is 4.63. The van der Waals surface area contributed by atoms with Gasteiger partial charge in [0.2, 0.25) is 5.91 Å². The van der Waals surface area contributed by atoms with E-state index in [1.54, 1.807) is 42.5 Å². The van der Waals surface area contributed by atoms with Crippen LogP contribution in [0.2, 0.25) is 0 Å². The molecule has 8 heteroatoms. The summed E-state index contributed by atoms with van der Waals surface area (Å²) in [6.45, 7) is 2.45. The Kier molecular flexibility index (Phi) is 8.07. The average molecular weight is 505 g/mol. The third-order valence-corrected chi connectivity index (χ3v) is 7.26. The molecule has 0 unspecified atom stereocenters. The first-order valence-electron chi connectivity index (χ1n) is 11.7. The number of fused-ring (bicyclic) bond motifs is 1. The van der Waals surface area contributed by atoms with Gasteiger partial charge in [-0.05, 0) is 66.2 Å². The van der Waals surface area contributed by atoms with E-state index >= 15 is 0 Å². The summed E-state index contributed by atoms with van der Waals surface area (Å²) in [6.07, 6.45) is 0. The summed E-state index contributed by atoms with van der Waals surface area (Å²) < 4.78 is 39.1. The molecule has 0 saturated carbocycles. The second kappa shape index (κ2) is 11.6. The Labute approximate surface area is 211 Å². The maximum absolute atomic E-state index is 13.4. The van der Waals surface area contributed by atoms with Gasteiger partial charge in [-0.1, -0.05) is 48.5 Å². The highest BCUT2D eigenvalue weighted by molar-refractivity contribution is 7.92. The Morgan fingerprint density at radius 2 is 1.47 bits per heavy atom. The zero-order chi connectivity index (χ0) is 25.4. The quantitative estimate of drug-likeness (QED) is 0.301. The number of nitrogens with zero attached hydrogens (tertiary/aromatic N) is 1. The van der Waals surface area contributed by atoms with E-state index in [-0.39, 0.29) is 24.6 Å². The molecule has 4 rings (SSSR count). The molecule has 186 valence electrons. The van der Waals surface area contributed by atoms with Crippen molar-refractivity contribution in [1.29, 1.82) is 0 Å².